The number of fused-ring (bicyclic) bond motifs is 1. The molecule has 0 aliphatic carbocycles. The number of H-pyrrole nitrogens is 1. The molecule has 1 amide bonds. The number of hydrogen-bond donors (Lipinski definition) is 2. The summed E-state index contributed by atoms with van der Waals surface area (Å²) in [5.74, 6) is 0.340. The Bertz CT molecular complexity index is 997. The molecule has 0 saturated carbocycles. The number of hydrogen-bond acceptors (Lipinski definition) is 3. The number of amides is 1. The maximum absolute atomic E-state index is 12.7. The number of carbonyl (C=O) groups excluding carboxylic acids is 1. The molecule has 0 fully saturated rings. The van der Waals surface area contributed by atoms with Crippen molar-refractivity contribution in [1.29, 1.82) is 0 Å². The summed E-state index contributed by atoms with van der Waals surface area (Å²) in [4.78, 5) is 32.0. The van der Waals surface area contributed by atoms with Crippen molar-refractivity contribution in [2.24, 2.45) is 5.41 Å². The molecule has 0 aliphatic rings. The largest absolute Gasteiger partial charge is 0.326 e. The van der Waals surface area contributed by atoms with Gasteiger partial charge in [0.05, 0.1) is 11.7 Å². The first-order valence-corrected chi connectivity index (χ1v) is 8.76. The Morgan fingerprint density at radius 2 is 1.96 bits per heavy atom. The minimum Gasteiger partial charge on any atom is -0.326 e. The van der Waals surface area contributed by atoms with E-state index in [4.69, 9.17) is 11.6 Å². The van der Waals surface area contributed by atoms with Gasteiger partial charge in [-0.3, -0.25) is 14.2 Å². The van der Waals surface area contributed by atoms with Gasteiger partial charge in [0.2, 0.25) is 5.91 Å². The lowest BCUT2D eigenvalue weighted by Gasteiger charge is -2.16. The molecule has 3 rings (SSSR count). The highest BCUT2D eigenvalue weighted by Gasteiger charge is 2.22. The molecule has 2 N–H and O–H groups in total. The minimum absolute atomic E-state index is 0.132. The van der Waals surface area contributed by atoms with Gasteiger partial charge in [-0.05, 0) is 30.2 Å². The van der Waals surface area contributed by atoms with Crippen LogP contribution in [0.3, 0.4) is 0 Å². The average Bonchev–Trinajstić information content (AvgIpc) is 2.98. The van der Waals surface area contributed by atoms with E-state index >= 15 is 0 Å². The Morgan fingerprint density at radius 1 is 1.27 bits per heavy atom. The molecule has 0 saturated heterocycles. The van der Waals surface area contributed by atoms with Gasteiger partial charge < -0.3 is 10.3 Å². The molecule has 6 nitrogen and oxygen atoms in total. The second kappa shape index (κ2) is 6.96. The number of carbonyl (C=O) groups is 1. The molecule has 0 unspecified atom stereocenters. The molecule has 0 radical (unpaired) electrons. The van der Waals surface area contributed by atoms with Crippen LogP contribution < -0.4 is 10.9 Å². The number of nitrogens with one attached hydrogen (secondary N) is 2. The number of nitrogens with zero attached hydrogens (tertiary/aromatic N) is 2. The Balaban J connectivity index is 1.80. The van der Waals surface area contributed by atoms with E-state index in [0.29, 0.717) is 34.8 Å². The van der Waals surface area contributed by atoms with Crippen molar-refractivity contribution in [1.82, 2.24) is 14.5 Å². The Labute approximate surface area is 156 Å². The summed E-state index contributed by atoms with van der Waals surface area (Å²) >= 11 is 5.89. The lowest BCUT2D eigenvalue weighted by Crippen LogP contribution is -2.27. The monoisotopic (exact) mass is 372 g/mol. The van der Waals surface area contributed by atoms with Gasteiger partial charge in [-0.2, -0.15) is 0 Å². The summed E-state index contributed by atoms with van der Waals surface area (Å²) in [6.07, 6.45) is 2.22. The number of halogens is 1. The topological polar surface area (TPSA) is 79.8 Å². The SMILES string of the molecule is CC(C)(C)C(=O)Nc1cc2c(=O)n(CCc3ccc(Cl)cc3)cnc2[nH]1. The van der Waals surface area contributed by atoms with Gasteiger partial charge in [0.15, 0.2) is 0 Å². The van der Waals surface area contributed by atoms with Crippen LogP contribution in [0.2, 0.25) is 5.02 Å². The molecular formula is C19H21ClN4O2. The second-order valence-corrected chi connectivity index (χ2v) is 7.71. The van der Waals surface area contributed by atoms with Gasteiger partial charge in [0.1, 0.15) is 11.5 Å². The van der Waals surface area contributed by atoms with Gasteiger partial charge in [0.25, 0.3) is 5.56 Å². The van der Waals surface area contributed by atoms with Crippen LogP contribution in [0.15, 0.2) is 41.5 Å². The van der Waals surface area contributed by atoms with Crippen LogP contribution in [0.5, 0.6) is 0 Å². The molecule has 1 aromatic carbocycles. The lowest BCUT2D eigenvalue weighted by atomic mass is 9.96. The maximum Gasteiger partial charge on any atom is 0.262 e. The molecule has 2 heterocycles. The normalized spacial score (nSPS) is 11.7. The fourth-order valence-corrected chi connectivity index (χ4v) is 2.61. The lowest BCUT2D eigenvalue weighted by molar-refractivity contribution is -0.123. The zero-order valence-corrected chi connectivity index (χ0v) is 15.7. The summed E-state index contributed by atoms with van der Waals surface area (Å²) < 4.78 is 1.57. The van der Waals surface area contributed by atoms with Gasteiger partial charge in [-0.15, -0.1) is 0 Å². The van der Waals surface area contributed by atoms with Gasteiger partial charge >= 0.3 is 0 Å². The standard InChI is InChI=1S/C19H21ClN4O2/c1-19(2,3)18(26)23-15-10-14-16(22-15)21-11-24(17(14)25)9-8-12-4-6-13(20)7-5-12/h4-7,10-11,22H,8-9H2,1-3H3,(H,23,26). The summed E-state index contributed by atoms with van der Waals surface area (Å²) in [6, 6.07) is 9.17. The molecule has 0 aliphatic heterocycles. The second-order valence-electron chi connectivity index (χ2n) is 7.27. The van der Waals surface area contributed by atoms with E-state index in [0.717, 1.165) is 5.56 Å². The van der Waals surface area contributed by atoms with Crippen molar-refractivity contribution in [3.63, 3.8) is 0 Å². The molecule has 0 spiro atoms. The maximum atomic E-state index is 12.7. The zero-order chi connectivity index (χ0) is 18.9. The molecule has 2 aromatic heterocycles. The highest BCUT2D eigenvalue weighted by Crippen LogP contribution is 2.19. The molecule has 0 bridgehead atoms. The van der Waals surface area contributed by atoms with E-state index in [1.807, 2.05) is 45.0 Å². The van der Waals surface area contributed by atoms with Gasteiger partial charge in [0, 0.05) is 17.0 Å². The third-order valence-corrected chi connectivity index (χ3v) is 4.35. The summed E-state index contributed by atoms with van der Waals surface area (Å²) in [6.45, 7) is 5.99. The van der Waals surface area contributed by atoms with Crippen LogP contribution >= 0.6 is 11.6 Å². The molecule has 26 heavy (non-hydrogen) atoms. The van der Waals surface area contributed by atoms with Gasteiger partial charge in [-0.1, -0.05) is 44.5 Å². The highest BCUT2D eigenvalue weighted by atomic mass is 35.5. The van der Waals surface area contributed by atoms with E-state index < -0.39 is 5.41 Å². The molecular weight excluding hydrogens is 352 g/mol. The van der Waals surface area contributed by atoms with Crippen molar-refractivity contribution in [2.45, 2.75) is 33.7 Å². The van der Waals surface area contributed by atoms with Crippen molar-refractivity contribution in [3.05, 3.63) is 57.6 Å². The first kappa shape index (κ1) is 18.2. The third kappa shape index (κ3) is 3.96. The summed E-state index contributed by atoms with van der Waals surface area (Å²) in [7, 11) is 0. The van der Waals surface area contributed by atoms with E-state index in [-0.39, 0.29) is 11.5 Å². The fraction of sp³-hybridized carbons (Fsp3) is 0.316. The van der Waals surface area contributed by atoms with Crippen molar-refractivity contribution in [3.8, 4) is 0 Å². The number of aryl methyl sites for hydroxylation is 2. The van der Waals surface area contributed by atoms with Crippen LogP contribution in [-0.4, -0.2) is 20.4 Å². The van der Waals surface area contributed by atoms with Crippen LogP contribution in [0.25, 0.3) is 11.0 Å². The van der Waals surface area contributed by atoms with Gasteiger partial charge in [-0.25, -0.2) is 4.98 Å². The average molecular weight is 373 g/mol. The van der Waals surface area contributed by atoms with E-state index in [2.05, 4.69) is 15.3 Å². The summed E-state index contributed by atoms with van der Waals surface area (Å²) in [5.41, 5.74) is 0.885. The highest BCUT2D eigenvalue weighted by molar-refractivity contribution is 6.30. The van der Waals surface area contributed by atoms with E-state index in [1.165, 1.54) is 6.33 Å². The zero-order valence-electron chi connectivity index (χ0n) is 15.0. The Hall–Kier alpha value is -2.60. The molecule has 7 heteroatoms. The third-order valence-electron chi connectivity index (χ3n) is 4.10. The minimum atomic E-state index is -0.524. The predicted octanol–water partition coefficient (Wildman–Crippen LogP) is 3.61. The number of aromatic nitrogens is 3. The number of benzene rings is 1. The first-order valence-electron chi connectivity index (χ1n) is 8.38. The fourth-order valence-electron chi connectivity index (χ4n) is 2.48. The van der Waals surface area contributed by atoms with E-state index in [9.17, 15) is 9.59 Å². The number of aromatic amines is 1. The summed E-state index contributed by atoms with van der Waals surface area (Å²) in [5, 5.41) is 3.92. The van der Waals surface area contributed by atoms with Crippen LogP contribution in [0, 0.1) is 5.41 Å². The van der Waals surface area contributed by atoms with Crippen molar-refractivity contribution >= 4 is 34.4 Å². The Morgan fingerprint density at radius 3 is 2.62 bits per heavy atom. The number of anilines is 1. The quantitative estimate of drug-likeness (QED) is 0.734. The van der Waals surface area contributed by atoms with Crippen LogP contribution in [-0.2, 0) is 17.8 Å². The van der Waals surface area contributed by atoms with Crippen molar-refractivity contribution < 1.29 is 4.79 Å². The molecule has 136 valence electrons. The van der Waals surface area contributed by atoms with E-state index in [1.54, 1.807) is 10.6 Å². The van der Waals surface area contributed by atoms with Crippen LogP contribution in [0.1, 0.15) is 26.3 Å². The first-order chi connectivity index (χ1) is 12.2. The van der Waals surface area contributed by atoms with Crippen molar-refractivity contribution in [2.75, 3.05) is 5.32 Å². The van der Waals surface area contributed by atoms with Crippen LogP contribution in [0.4, 0.5) is 5.82 Å². The Kier molecular flexibility index (Phi) is 4.87. The number of rotatable bonds is 4. The molecule has 0 atom stereocenters. The smallest absolute Gasteiger partial charge is 0.262 e. The predicted molar refractivity (Wildman–Crippen MR) is 104 cm³/mol. The molecule has 3 aromatic rings.